The van der Waals surface area contributed by atoms with Crippen LogP contribution >= 0.6 is 0 Å². The molecule has 0 saturated carbocycles. The molecule has 58 valence electrons. The molecule has 1 nitrogen and oxygen atoms in total. The zero-order valence-electron chi connectivity index (χ0n) is 7.11. The minimum Gasteiger partial charge on any atom is -0.374 e. The number of hydrogen-bond acceptors (Lipinski definition) is 1. The molecule has 0 aromatic carbocycles. The Morgan fingerprint density at radius 1 is 1.40 bits per heavy atom. The lowest BCUT2D eigenvalue weighted by Gasteiger charge is -2.23. The smallest absolute Gasteiger partial charge is 0.0680 e. The molecule has 0 saturated heterocycles. The molecule has 1 aliphatic heterocycles. The van der Waals surface area contributed by atoms with Gasteiger partial charge < -0.3 is 4.74 Å². The van der Waals surface area contributed by atoms with Crippen LogP contribution in [0.2, 0.25) is 0 Å². The van der Waals surface area contributed by atoms with Gasteiger partial charge in [-0.2, -0.15) is 0 Å². The third-order valence-corrected chi connectivity index (χ3v) is 2.25. The normalized spacial score (nSPS) is 27.3. The van der Waals surface area contributed by atoms with Gasteiger partial charge in [-0.1, -0.05) is 12.5 Å². The highest BCUT2D eigenvalue weighted by atomic mass is 16.5. The van der Waals surface area contributed by atoms with Crippen molar-refractivity contribution < 1.29 is 4.74 Å². The van der Waals surface area contributed by atoms with Gasteiger partial charge in [0.1, 0.15) is 0 Å². The molecule has 1 aliphatic rings. The van der Waals surface area contributed by atoms with Crippen LogP contribution in [-0.2, 0) is 4.74 Å². The summed E-state index contributed by atoms with van der Waals surface area (Å²) in [6.07, 6.45) is 2.77. The number of rotatable bonds is 1. The number of ether oxygens (including phenoxy) is 1. The molecule has 1 heteroatoms. The first-order valence-corrected chi connectivity index (χ1v) is 4.01. The van der Waals surface area contributed by atoms with E-state index in [0.29, 0.717) is 6.10 Å². The van der Waals surface area contributed by atoms with E-state index >= 15 is 0 Å². The van der Waals surface area contributed by atoms with Crippen molar-refractivity contribution in [2.75, 3.05) is 6.61 Å². The Balaban J connectivity index is 2.54. The minimum absolute atomic E-state index is 0.490. The third kappa shape index (κ3) is 1.60. The first kappa shape index (κ1) is 7.80. The van der Waals surface area contributed by atoms with E-state index in [1.165, 1.54) is 11.1 Å². The van der Waals surface area contributed by atoms with Gasteiger partial charge in [-0.3, -0.25) is 0 Å². The van der Waals surface area contributed by atoms with Crippen LogP contribution in [0.15, 0.2) is 11.1 Å². The summed E-state index contributed by atoms with van der Waals surface area (Å²) in [6.45, 7) is 7.39. The summed E-state index contributed by atoms with van der Waals surface area (Å²) in [7, 11) is 0. The number of hydrogen-bond donors (Lipinski definition) is 0. The van der Waals surface area contributed by atoms with Crippen LogP contribution in [0, 0.1) is 0 Å². The van der Waals surface area contributed by atoms with E-state index in [4.69, 9.17) is 4.74 Å². The molecule has 0 bridgehead atoms. The van der Waals surface area contributed by atoms with Gasteiger partial charge in [0.15, 0.2) is 0 Å². The van der Waals surface area contributed by atoms with Crippen LogP contribution in [0.5, 0.6) is 0 Å². The van der Waals surface area contributed by atoms with Crippen molar-refractivity contribution >= 4 is 0 Å². The summed E-state index contributed by atoms with van der Waals surface area (Å²) in [6, 6.07) is 0. The predicted molar refractivity (Wildman–Crippen MR) is 43.0 cm³/mol. The van der Waals surface area contributed by atoms with Crippen molar-refractivity contribution in [3.63, 3.8) is 0 Å². The average molecular weight is 140 g/mol. The summed E-state index contributed by atoms with van der Waals surface area (Å²) in [4.78, 5) is 0. The molecular formula is C9H16O. The van der Waals surface area contributed by atoms with Gasteiger partial charge in [0.2, 0.25) is 0 Å². The lowest BCUT2D eigenvalue weighted by atomic mass is 10.0. The zero-order valence-corrected chi connectivity index (χ0v) is 7.11. The van der Waals surface area contributed by atoms with Crippen LogP contribution in [0.4, 0.5) is 0 Å². The highest BCUT2D eigenvalue weighted by Gasteiger charge is 2.14. The maximum atomic E-state index is 5.55. The van der Waals surface area contributed by atoms with Crippen molar-refractivity contribution in [3.05, 3.63) is 11.1 Å². The highest BCUT2D eigenvalue weighted by molar-refractivity contribution is 5.13. The van der Waals surface area contributed by atoms with Crippen molar-refractivity contribution in [2.24, 2.45) is 0 Å². The Hall–Kier alpha value is -0.300. The molecule has 10 heavy (non-hydrogen) atoms. The van der Waals surface area contributed by atoms with Crippen LogP contribution in [0.1, 0.15) is 33.6 Å². The lowest BCUT2D eigenvalue weighted by molar-refractivity contribution is 0.0558. The van der Waals surface area contributed by atoms with Gasteiger partial charge in [0.25, 0.3) is 0 Å². The molecule has 0 unspecified atom stereocenters. The lowest BCUT2D eigenvalue weighted by Crippen LogP contribution is -2.19. The SMILES string of the molecule is CC[C@H]1CC(C)=C(C)CO1. The van der Waals surface area contributed by atoms with Crippen LogP contribution in [0.3, 0.4) is 0 Å². The Labute approximate surface area is 63.1 Å². The van der Waals surface area contributed by atoms with Gasteiger partial charge >= 0.3 is 0 Å². The maximum absolute atomic E-state index is 5.55. The molecule has 1 heterocycles. The van der Waals surface area contributed by atoms with Crippen LogP contribution in [0.25, 0.3) is 0 Å². The second-order valence-corrected chi connectivity index (χ2v) is 3.11. The van der Waals surface area contributed by atoms with Gasteiger partial charge in [-0.05, 0) is 32.3 Å². The predicted octanol–water partition coefficient (Wildman–Crippen LogP) is 2.52. The molecule has 0 aromatic heterocycles. The van der Waals surface area contributed by atoms with E-state index in [2.05, 4.69) is 20.8 Å². The monoisotopic (exact) mass is 140 g/mol. The molecule has 0 aliphatic carbocycles. The summed E-state index contributed by atoms with van der Waals surface area (Å²) in [5.74, 6) is 0. The van der Waals surface area contributed by atoms with Crippen molar-refractivity contribution in [2.45, 2.75) is 39.7 Å². The maximum Gasteiger partial charge on any atom is 0.0680 e. The second kappa shape index (κ2) is 3.20. The Bertz CT molecular complexity index is 147. The van der Waals surface area contributed by atoms with E-state index in [-0.39, 0.29) is 0 Å². The van der Waals surface area contributed by atoms with E-state index in [9.17, 15) is 0 Å². The molecule has 0 N–H and O–H groups in total. The fraction of sp³-hybridized carbons (Fsp3) is 0.778. The molecule has 0 fully saturated rings. The van der Waals surface area contributed by atoms with Crippen molar-refractivity contribution in [3.8, 4) is 0 Å². The van der Waals surface area contributed by atoms with E-state index in [1.807, 2.05) is 0 Å². The first-order valence-electron chi connectivity index (χ1n) is 4.01. The molecule has 1 atom stereocenters. The standard InChI is InChI=1S/C9H16O/c1-4-9-5-7(2)8(3)6-10-9/h9H,4-6H2,1-3H3/t9-/m0/s1. The van der Waals surface area contributed by atoms with E-state index < -0.39 is 0 Å². The highest BCUT2D eigenvalue weighted by Crippen LogP contribution is 2.20. The van der Waals surface area contributed by atoms with Gasteiger partial charge in [-0.25, -0.2) is 0 Å². The fourth-order valence-electron chi connectivity index (χ4n) is 1.20. The molecule has 0 amide bonds. The zero-order chi connectivity index (χ0) is 7.56. The van der Waals surface area contributed by atoms with Crippen molar-refractivity contribution in [1.29, 1.82) is 0 Å². The summed E-state index contributed by atoms with van der Waals surface area (Å²) >= 11 is 0. The fourth-order valence-corrected chi connectivity index (χ4v) is 1.20. The van der Waals surface area contributed by atoms with Crippen LogP contribution in [-0.4, -0.2) is 12.7 Å². The van der Waals surface area contributed by atoms with E-state index in [0.717, 1.165) is 19.4 Å². The van der Waals surface area contributed by atoms with Gasteiger partial charge in [-0.15, -0.1) is 0 Å². The summed E-state index contributed by atoms with van der Waals surface area (Å²) < 4.78 is 5.55. The van der Waals surface area contributed by atoms with E-state index in [1.54, 1.807) is 0 Å². The van der Waals surface area contributed by atoms with Gasteiger partial charge in [0.05, 0.1) is 12.7 Å². The van der Waals surface area contributed by atoms with Crippen LogP contribution < -0.4 is 0 Å². The quantitative estimate of drug-likeness (QED) is 0.508. The Morgan fingerprint density at radius 3 is 2.60 bits per heavy atom. The summed E-state index contributed by atoms with van der Waals surface area (Å²) in [5, 5.41) is 0. The largest absolute Gasteiger partial charge is 0.374 e. The molecule has 1 rings (SSSR count). The van der Waals surface area contributed by atoms with Crippen molar-refractivity contribution in [1.82, 2.24) is 0 Å². The molecular weight excluding hydrogens is 124 g/mol. The summed E-state index contributed by atoms with van der Waals surface area (Å²) in [5.41, 5.74) is 2.95. The Morgan fingerprint density at radius 2 is 2.10 bits per heavy atom. The van der Waals surface area contributed by atoms with Gasteiger partial charge in [0, 0.05) is 0 Å². The Kier molecular flexibility index (Phi) is 2.50. The molecule has 0 spiro atoms. The molecule has 0 aromatic rings. The topological polar surface area (TPSA) is 9.23 Å². The second-order valence-electron chi connectivity index (χ2n) is 3.11. The first-order chi connectivity index (χ1) is 4.74. The third-order valence-electron chi connectivity index (χ3n) is 2.25. The molecule has 0 radical (unpaired) electrons. The minimum atomic E-state index is 0.490. The average Bonchev–Trinajstić information content (AvgIpc) is 1.95.